The maximum Gasteiger partial charge on any atom is 0.423 e. The van der Waals surface area contributed by atoms with E-state index in [9.17, 15) is 4.79 Å². The molecule has 0 aromatic heterocycles. The van der Waals surface area contributed by atoms with Crippen molar-refractivity contribution < 1.29 is 9.53 Å². The Morgan fingerprint density at radius 3 is 2.54 bits per heavy atom. The zero-order valence-electron chi connectivity index (χ0n) is 7.75. The molecule has 1 aromatic rings. The molecule has 0 fully saturated rings. The highest BCUT2D eigenvalue weighted by molar-refractivity contribution is 5.46. The third-order valence-electron chi connectivity index (χ3n) is 1.90. The molecule has 0 aliphatic rings. The lowest BCUT2D eigenvalue weighted by Gasteiger charge is -2.00. The summed E-state index contributed by atoms with van der Waals surface area (Å²) in [6.07, 6.45) is 3.47. The summed E-state index contributed by atoms with van der Waals surface area (Å²) in [6, 6.07) is 7.52. The van der Waals surface area contributed by atoms with E-state index in [1.165, 1.54) is 24.9 Å². The van der Waals surface area contributed by atoms with Crippen molar-refractivity contribution >= 4 is 6.47 Å². The van der Waals surface area contributed by atoms with Crippen LogP contribution in [0.3, 0.4) is 0 Å². The number of carbonyl (C=O) groups excluding carboxylic acids is 1. The van der Waals surface area contributed by atoms with Crippen molar-refractivity contribution in [1.82, 2.24) is 0 Å². The second-order valence-electron chi connectivity index (χ2n) is 2.93. The summed E-state index contributed by atoms with van der Waals surface area (Å²) >= 11 is 0. The van der Waals surface area contributed by atoms with Crippen molar-refractivity contribution in [1.29, 1.82) is 0 Å². The van der Waals surface area contributed by atoms with Crippen LogP contribution in [0.2, 0.25) is 0 Å². The molecule has 0 amide bonds. The highest BCUT2D eigenvalue weighted by atomic mass is 16.5. The van der Waals surface area contributed by atoms with E-state index in [2.05, 4.69) is 11.7 Å². The van der Waals surface area contributed by atoms with Gasteiger partial charge in [0.1, 0.15) is 5.75 Å². The van der Waals surface area contributed by atoms with Gasteiger partial charge in [0, 0.05) is 0 Å². The first kappa shape index (κ1) is 9.78. The van der Waals surface area contributed by atoms with Crippen molar-refractivity contribution in [2.45, 2.75) is 26.2 Å². The van der Waals surface area contributed by atoms with Gasteiger partial charge in [0.05, 0.1) is 0 Å². The molecule has 0 N–H and O–H groups in total. The van der Waals surface area contributed by atoms with Crippen LogP contribution in [0.4, 0.5) is 0 Å². The largest absolute Gasteiger partial charge is 0.423 e. The number of benzene rings is 1. The summed E-state index contributed by atoms with van der Waals surface area (Å²) in [5.74, 6) is 0.551. The van der Waals surface area contributed by atoms with Crippen molar-refractivity contribution in [3.05, 3.63) is 29.8 Å². The summed E-state index contributed by atoms with van der Waals surface area (Å²) in [4.78, 5) is 9.88. The van der Waals surface area contributed by atoms with Crippen molar-refractivity contribution in [3.63, 3.8) is 0 Å². The van der Waals surface area contributed by atoms with Crippen molar-refractivity contribution in [2.24, 2.45) is 0 Å². The topological polar surface area (TPSA) is 26.3 Å². The van der Waals surface area contributed by atoms with Gasteiger partial charge >= 0.3 is 6.47 Å². The molecule has 69 valence electrons. The molecule has 0 aliphatic heterocycles. The van der Waals surface area contributed by atoms with Crippen LogP contribution in [0.15, 0.2) is 24.3 Å². The Hall–Kier alpha value is -1.31. The molecule has 0 atom stereocenters. The zero-order chi connectivity index (χ0) is 9.52. The van der Waals surface area contributed by atoms with Gasteiger partial charge in [0.25, 0.3) is 0 Å². The predicted molar refractivity (Wildman–Crippen MR) is 51.4 cm³/mol. The van der Waals surface area contributed by atoms with Crippen LogP contribution in [0, 0.1) is 0 Å². The number of hydrogen-bond donors (Lipinski definition) is 0. The van der Waals surface area contributed by atoms with Gasteiger partial charge in [-0.15, -0.1) is 0 Å². The van der Waals surface area contributed by atoms with E-state index in [0.717, 1.165) is 6.42 Å². The lowest BCUT2D eigenvalue weighted by atomic mass is 10.1. The van der Waals surface area contributed by atoms with Crippen LogP contribution in [-0.4, -0.2) is 6.47 Å². The number of ether oxygens (including phenoxy) is 1. The fourth-order valence-electron chi connectivity index (χ4n) is 1.15. The zero-order valence-corrected chi connectivity index (χ0v) is 7.75. The molecule has 0 unspecified atom stereocenters. The van der Waals surface area contributed by atoms with Gasteiger partial charge in [0.15, 0.2) is 0 Å². The van der Waals surface area contributed by atoms with Crippen LogP contribution in [0.25, 0.3) is 0 Å². The predicted octanol–water partition coefficient (Wildman–Crippen LogP) is 2.48. The van der Waals surface area contributed by atoms with Crippen LogP contribution in [-0.2, 0) is 11.2 Å². The first-order chi connectivity index (χ1) is 6.36. The lowest BCUT2D eigenvalue weighted by Crippen LogP contribution is -1.89. The molecule has 1 rings (SSSR count). The highest BCUT2D eigenvalue weighted by Gasteiger charge is 1.94. The fraction of sp³-hybridized carbons (Fsp3) is 0.364. The Morgan fingerprint density at radius 2 is 2.00 bits per heavy atom. The van der Waals surface area contributed by atoms with E-state index in [1.807, 2.05) is 12.1 Å². The van der Waals surface area contributed by atoms with Gasteiger partial charge in [0.2, 0.25) is 0 Å². The third-order valence-corrected chi connectivity index (χ3v) is 1.90. The number of unbranched alkanes of at least 4 members (excludes halogenated alkanes) is 1. The molecule has 1 radical (unpaired) electrons. The van der Waals surface area contributed by atoms with Gasteiger partial charge in [-0.05, 0) is 30.5 Å². The minimum Gasteiger partial charge on any atom is -0.418 e. The third kappa shape index (κ3) is 3.28. The van der Waals surface area contributed by atoms with E-state index in [0.29, 0.717) is 5.75 Å². The number of aryl methyl sites for hydroxylation is 1. The Bertz CT molecular complexity index is 251. The second-order valence-corrected chi connectivity index (χ2v) is 2.93. The Morgan fingerprint density at radius 1 is 1.31 bits per heavy atom. The average Bonchev–Trinajstić information content (AvgIpc) is 2.17. The lowest BCUT2D eigenvalue weighted by molar-refractivity contribution is 0.442. The second kappa shape index (κ2) is 5.36. The maximum atomic E-state index is 9.88. The van der Waals surface area contributed by atoms with Crippen LogP contribution in [0.5, 0.6) is 5.75 Å². The smallest absolute Gasteiger partial charge is 0.418 e. The van der Waals surface area contributed by atoms with Gasteiger partial charge in [-0.25, -0.2) is 4.79 Å². The Kier molecular flexibility index (Phi) is 4.03. The molecule has 0 spiro atoms. The first-order valence-corrected chi connectivity index (χ1v) is 4.49. The van der Waals surface area contributed by atoms with E-state index < -0.39 is 0 Å². The molecule has 0 saturated heterocycles. The molecule has 2 heteroatoms. The minimum atomic E-state index is 0.551. The van der Waals surface area contributed by atoms with Gasteiger partial charge < -0.3 is 4.74 Å². The average molecular weight is 177 g/mol. The molecule has 1 aromatic carbocycles. The molecule has 0 bridgehead atoms. The standard InChI is InChI=1S/C11H13O2/c1-2-3-4-10-5-7-11(8-6-10)13-9-12/h5-8H,2-4H2,1H3. The summed E-state index contributed by atoms with van der Waals surface area (Å²) in [7, 11) is 0. The molecule has 0 heterocycles. The minimum absolute atomic E-state index is 0.551. The van der Waals surface area contributed by atoms with Crippen molar-refractivity contribution in [2.75, 3.05) is 0 Å². The normalized spacial score (nSPS) is 9.62. The highest BCUT2D eigenvalue weighted by Crippen LogP contribution is 2.12. The van der Waals surface area contributed by atoms with E-state index in [-0.39, 0.29) is 0 Å². The fourth-order valence-corrected chi connectivity index (χ4v) is 1.15. The quantitative estimate of drug-likeness (QED) is 0.690. The van der Waals surface area contributed by atoms with E-state index in [4.69, 9.17) is 0 Å². The Balaban J connectivity index is 2.53. The SMILES string of the molecule is CCCCc1ccc(O[C]=O)cc1. The molecule has 0 saturated carbocycles. The van der Waals surface area contributed by atoms with Crippen molar-refractivity contribution in [3.8, 4) is 5.75 Å². The van der Waals surface area contributed by atoms with E-state index >= 15 is 0 Å². The van der Waals surface area contributed by atoms with E-state index in [1.54, 1.807) is 12.1 Å². The monoisotopic (exact) mass is 177 g/mol. The summed E-state index contributed by atoms with van der Waals surface area (Å²) in [6.45, 7) is 3.56. The van der Waals surface area contributed by atoms with Gasteiger partial charge in [-0.1, -0.05) is 25.5 Å². The van der Waals surface area contributed by atoms with Gasteiger partial charge in [-0.3, -0.25) is 0 Å². The van der Waals surface area contributed by atoms with Crippen LogP contribution < -0.4 is 4.74 Å². The molecule has 0 aliphatic carbocycles. The van der Waals surface area contributed by atoms with Crippen LogP contribution in [0.1, 0.15) is 25.3 Å². The number of hydrogen-bond acceptors (Lipinski definition) is 2. The molecular formula is C11H13O2. The van der Waals surface area contributed by atoms with Crippen LogP contribution >= 0.6 is 0 Å². The maximum absolute atomic E-state index is 9.88. The van der Waals surface area contributed by atoms with Gasteiger partial charge in [-0.2, -0.15) is 0 Å². The molecule has 13 heavy (non-hydrogen) atoms. The summed E-state index contributed by atoms with van der Waals surface area (Å²) < 4.78 is 4.56. The number of rotatable bonds is 5. The molecule has 2 nitrogen and oxygen atoms in total. The molecular weight excluding hydrogens is 164 g/mol. The Labute approximate surface area is 78.5 Å². The summed E-state index contributed by atoms with van der Waals surface area (Å²) in [5, 5.41) is 0. The summed E-state index contributed by atoms with van der Waals surface area (Å²) in [5.41, 5.74) is 1.28. The first-order valence-electron chi connectivity index (χ1n) is 4.49.